The Hall–Kier alpha value is -3.54. The van der Waals surface area contributed by atoms with E-state index in [1.807, 2.05) is 23.9 Å². The van der Waals surface area contributed by atoms with E-state index in [9.17, 15) is 28.8 Å². The number of nitrogens with zero attached hydrogens (tertiary/aromatic N) is 4. The molecule has 4 bridgehead atoms. The van der Waals surface area contributed by atoms with Crippen LogP contribution in [0.1, 0.15) is 53.4 Å². The van der Waals surface area contributed by atoms with Crippen LogP contribution in [-0.4, -0.2) is 167 Å². The van der Waals surface area contributed by atoms with Crippen LogP contribution in [-0.2, 0) is 57.1 Å². The summed E-state index contributed by atoms with van der Waals surface area (Å²) < 4.78 is 36.2. The molecule has 0 N–H and O–H groups in total. The molecule has 6 aliphatic rings. The van der Waals surface area contributed by atoms with Crippen molar-refractivity contribution in [1.82, 2.24) is 19.6 Å². The van der Waals surface area contributed by atoms with Crippen LogP contribution in [0.5, 0.6) is 0 Å². The van der Waals surface area contributed by atoms with Gasteiger partial charge in [0.05, 0.1) is 60.1 Å². The molecule has 8 atom stereocenters. The lowest BCUT2D eigenvalue weighted by Crippen LogP contribution is -2.52. The van der Waals surface area contributed by atoms with Gasteiger partial charge in [-0.2, -0.15) is 0 Å². The minimum Gasteiger partial charge on any atom is -0.435 e. The monoisotopic (exact) mass is 752 g/mol. The number of hydrogen-bond donors (Lipinski definition) is 0. The second-order valence-corrected chi connectivity index (χ2v) is 15.6. The normalized spacial score (nSPS) is 31.0. The summed E-state index contributed by atoms with van der Waals surface area (Å²) in [7, 11) is 4.05. The van der Waals surface area contributed by atoms with Crippen molar-refractivity contribution >= 4 is 35.9 Å². The van der Waals surface area contributed by atoms with Gasteiger partial charge in [0.25, 0.3) is 0 Å². The fraction of sp³-hybridized carbons (Fsp3) is 0.833. The van der Waals surface area contributed by atoms with Gasteiger partial charge in [0.2, 0.25) is 25.4 Å². The summed E-state index contributed by atoms with van der Waals surface area (Å²) in [6.07, 6.45) is 1.09. The van der Waals surface area contributed by atoms with Crippen molar-refractivity contribution in [3.8, 4) is 0 Å². The molecular weight excluding hydrogens is 696 g/mol. The molecule has 0 aromatic carbocycles. The molecule has 6 fully saturated rings. The third-order valence-corrected chi connectivity index (χ3v) is 10.9. The van der Waals surface area contributed by atoms with Crippen LogP contribution >= 0.6 is 0 Å². The molecule has 0 spiro atoms. The van der Waals surface area contributed by atoms with Crippen molar-refractivity contribution in [2.24, 2.45) is 29.1 Å². The zero-order valence-electron chi connectivity index (χ0n) is 31.8. The number of carbonyl (C=O) groups is 6. The van der Waals surface area contributed by atoms with Gasteiger partial charge in [-0.15, -0.1) is 0 Å². The highest BCUT2D eigenvalue weighted by atomic mass is 16.8. The standard InChI is InChI=1S/C19H30N2O6.C17H26N2O7/c1-19(2,3)18(24)26-11-25-17(23)15-13-6-5-12(27-13)14(15)16(22)21-9-7-20(4)8-10-21;1-3-23-17(22)25-10-24-16(21)14-12-5-4-11(26-12)13(14)15(20)19-8-6-18(2)7-9-19/h12-15H,5-11H2,1-4H3;11-14H,3-10H2,1-2H3. The van der Waals surface area contributed by atoms with Gasteiger partial charge in [0.15, 0.2) is 0 Å². The van der Waals surface area contributed by atoms with Gasteiger partial charge in [-0.25, -0.2) is 4.79 Å². The Morgan fingerprint density at radius 3 is 1.30 bits per heavy atom. The molecular formula is C36H56N4O13. The third-order valence-electron chi connectivity index (χ3n) is 10.9. The first-order valence-corrected chi connectivity index (χ1v) is 18.7. The molecule has 6 heterocycles. The van der Waals surface area contributed by atoms with Gasteiger partial charge in [-0.3, -0.25) is 24.0 Å². The fourth-order valence-electron chi connectivity index (χ4n) is 7.90. The SMILES string of the molecule is CCOC(=O)OCOC(=O)C1C2CCC(O2)C1C(=O)N1CCN(C)CC1.CN1CCN(C(=O)C2C3CCC(O3)C2C(=O)OCOC(=O)C(C)(C)C)CC1. The molecule has 53 heavy (non-hydrogen) atoms. The van der Waals surface area contributed by atoms with Crippen LogP contribution in [0.2, 0.25) is 0 Å². The number of amides is 2. The average molecular weight is 753 g/mol. The number of hydrogen-bond acceptors (Lipinski definition) is 15. The number of piperazine rings is 2. The summed E-state index contributed by atoms with van der Waals surface area (Å²) in [4.78, 5) is 82.1. The number of carbonyl (C=O) groups excluding carboxylic acids is 6. The first kappa shape index (κ1) is 40.6. The van der Waals surface area contributed by atoms with Gasteiger partial charge in [-0.1, -0.05) is 0 Å². The van der Waals surface area contributed by atoms with Gasteiger partial charge < -0.3 is 52.8 Å². The molecule has 0 radical (unpaired) electrons. The summed E-state index contributed by atoms with van der Waals surface area (Å²) in [6.45, 7) is 11.9. The van der Waals surface area contributed by atoms with Gasteiger partial charge in [0.1, 0.15) is 0 Å². The predicted octanol–water partition coefficient (Wildman–Crippen LogP) is 0.872. The Morgan fingerprint density at radius 1 is 0.547 bits per heavy atom. The van der Waals surface area contributed by atoms with E-state index in [4.69, 9.17) is 23.7 Å². The van der Waals surface area contributed by atoms with Crippen molar-refractivity contribution < 1.29 is 61.9 Å². The van der Waals surface area contributed by atoms with Crippen LogP contribution in [0.25, 0.3) is 0 Å². The Balaban J connectivity index is 0.000000204. The lowest BCUT2D eigenvalue weighted by Gasteiger charge is -2.36. The number of ether oxygens (including phenoxy) is 7. The molecule has 2 amide bonds. The summed E-state index contributed by atoms with van der Waals surface area (Å²) in [5.74, 6) is -3.88. The number of fused-ring (bicyclic) bond motifs is 4. The van der Waals surface area contributed by atoms with E-state index in [1.54, 1.807) is 27.7 Å². The van der Waals surface area contributed by atoms with Crippen LogP contribution in [0, 0.1) is 29.1 Å². The van der Waals surface area contributed by atoms with Crippen molar-refractivity contribution in [1.29, 1.82) is 0 Å². The largest absolute Gasteiger partial charge is 0.511 e. The Labute approximate surface area is 310 Å². The van der Waals surface area contributed by atoms with Crippen molar-refractivity contribution in [3.63, 3.8) is 0 Å². The molecule has 0 aromatic rings. The predicted molar refractivity (Wildman–Crippen MR) is 183 cm³/mol. The maximum atomic E-state index is 13.1. The Morgan fingerprint density at radius 2 is 0.925 bits per heavy atom. The topological polar surface area (TPSA) is 180 Å². The minimum atomic E-state index is -0.894. The molecule has 6 aliphatic heterocycles. The molecule has 8 unspecified atom stereocenters. The van der Waals surface area contributed by atoms with E-state index in [0.29, 0.717) is 26.2 Å². The Bertz CT molecular complexity index is 1340. The van der Waals surface area contributed by atoms with Crippen LogP contribution in [0.15, 0.2) is 0 Å². The number of likely N-dealkylation sites (N-methyl/N-ethyl adjacent to an activating group) is 2. The highest BCUT2D eigenvalue weighted by molar-refractivity contribution is 5.88. The van der Waals surface area contributed by atoms with Crippen molar-refractivity contribution in [2.45, 2.75) is 77.8 Å². The molecule has 0 saturated carbocycles. The lowest BCUT2D eigenvalue weighted by molar-refractivity contribution is -0.178. The highest BCUT2D eigenvalue weighted by Crippen LogP contribution is 2.46. The second-order valence-electron chi connectivity index (χ2n) is 15.6. The van der Waals surface area contributed by atoms with E-state index in [0.717, 1.165) is 51.9 Å². The number of esters is 3. The molecule has 0 aliphatic carbocycles. The van der Waals surface area contributed by atoms with Crippen LogP contribution in [0.4, 0.5) is 4.79 Å². The molecule has 0 aromatic heterocycles. The van der Waals surface area contributed by atoms with E-state index >= 15 is 0 Å². The minimum absolute atomic E-state index is 0.0241. The fourth-order valence-corrected chi connectivity index (χ4v) is 7.90. The molecule has 6 rings (SSSR count). The summed E-state index contributed by atoms with van der Waals surface area (Å²) in [5.41, 5.74) is -0.665. The maximum Gasteiger partial charge on any atom is 0.511 e. The van der Waals surface area contributed by atoms with Crippen LogP contribution < -0.4 is 0 Å². The first-order chi connectivity index (χ1) is 25.2. The second kappa shape index (κ2) is 17.7. The Kier molecular flexibility index (Phi) is 13.6. The maximum absolute atomic E-state index is 13.1. The zero-order chi connectivity index (χ0) is 38.4. The lowest BCUT2D eigenvalue weighted by atomic mass is 9.78. The zero-order valence-corrected chi connectivity index (χ0v) is 31.8. The van der Waals surface area contributed by atoms with Crippen molar-refractivity contribution in [3.05, 3.63) is 0 Å². The van der Waals surface area contributed by atoms with E-state index in [1.165, 1.54) is 0 Å². The van der Waals surface area contributed by atoms with Gasteiger partial charge in [0, 0.05) is 52.4 Å². The quantitative estimate of drug-likeness (QED) is 0.184. The van der Waals surface area contributed by atoms with E-state index in [2.05, 4.69) is 19.3 Å². The van der Waals surface area contributed by atoms with E-state index in [-0.39, 0.29) is 42.8 Å². The molecule has 6 saturated heterocycles. The average Bonchev–Trinajstić information content (AvgIpc) is 3.94. The summed E-state index contributed by atoms with van der Waals surface area (Å²) in [5, 5.41) is 0. The highest BCUT2D eigenvalue weighted by Gasteiger charge is 2.58. The molecule has 17 heteroatoms. The van der Waals surface area contributed by atoms with Gasteiger partial charge >= 0.3 is 24.1 Å². The van der Waals surface area contributed by atoms with Gasteiger partial charge in [-0.05, 0) is 67.5 Å². The number of rotatable bonds is 9. The first-order valence-electron chi connectivity index (χ1n) is 18.7. The summed E-state index contributed by atoms with van der Waals surface area (Å²) >= 11 is 0. The van der Waals surface area contributed by atoms with E-state index < -0.39 is 66.7 Å². The third kappa shape index (κ3) is 9.77. The summed E-state index contributed by atoms with van der Waals surface area (Å²) in [6, 6.07) is 0. The smallest absolute Gasteiger partial charge is 0.435 e. The molecule has 17 nitrogen and oxygen atoms in total. The van der Waals surface area contributed by atoms with Crippen LogP contribution in [0.3, 0.4) is 0 Å². The molecule has 298 valence electrons. The van der Waals surface area contributed by atoms with Crippen molar-refractivity contribution in [2.75, 3.05) is 86.6 Å².